The topological polar surface area (TPSA) is 83.8 Å². The Morgan fingerprint density at radius 3 is 2.24 bits per heavy atom. The first-order valence-electron chi connectivity index (χ1n) is 5.01. The molecule has 0 aliphatic rings. The number of rotatable bonds is 2. The molecular weight excluding hydrogens is 224 g/mol. The average Bonchev–Trinajstić information content (AvgIpc) is 2.25. The van der Waals surface area contributed by atoms with Gasteiger partial charge in [0.1, 0.15) is 0 Å². The molecule has 0 aromatic heterocycles. The summed E-state index contributed by atoms with van der Waals surface area (Å²) in [6.07, 6.45) is 0. The van der Waals surface area contributed by atoms with Crippen LogP contribution < -0.4 is 0 Å². The van der Waals surface area contributed by atoms with Crippen LogP contribution in [0, 0.1) is 0 Å². The van der Waals surface area contributed by atoms with Crippen LogP contribution >= 0.6 is 0 Å². The highest BCUT2D eigenvalue weighted by Gasteiger charge is 2.27. The molecule has 92 valence electrons. The van der Waals surface area contributed by atoms with E-state index in [9.17, 15) is 9.59 Å². The third kappa shape index (κ3) is 2.62. The SMILES string of the molecule is CC(C)(C)c1cccc(C(=O)O)c1C(=O)OO. The van der Waals surface area contributed by atoms with Gasteiger partial charge < -0.3 is 5.11 Å². The van der Waals surface area contributed by atoms with Crippen LogP contribution in [0.15, 0.2) is 18.2 Å². The lowest BCUT2D eigenvalue weighted by Crippen LogP contribution is -2.21. The summed E-state index contributed by atoms with van der Waals surface area (Å²) in [6, 6.07) is 4.49. The summed E-state index contributed by atoms with van der Waals surface area (Å²) < 4.78 is 0. The molecule has 0 saturated carbocycles. The van der Waals surface area contributed by atoms with E-state index in [0.717, 1.165) is 0 Å². The number of carbonyl (C=O) groups is 2. The van der Waals surface area contributed by atoms with E-state index in [0.29, 0.717) is 5.56 Å². The molecule has 0 unspecified atom stereocenters. The maximum Gasteiger partial charge on any atom is 0.373 e. The van der Waals surface area contributed by atoms with E-state index >= 15 is 0 Å². The van der Waals surface area contributed by atoms with Crippen LogP contribution in [0.1, 0.15) is 47.1 Å². The Morgan fingerprint density at radius 1 is 1.24 bits per heavy atom. The van der Waals surface area contributed by atoms with Gasteiger partial charge in [-0.1, -0.05) is 32.9 Å². The molecule has 0 amide bonds. The number of carbonyl (C=O) groups excluding carboxylic acids is 1. The molecule has 0 aliphatic heterocycles. The van der Waals surface area contributed by atoms with Crippen molar-refractivity contribution in [2.24, 2.45) is 0 Å². The number of hydrogen-bond donors (Lipinski definition) is 2. The Kier molecular flexibility index (Phi) is 3.53. The van der Waals surface area contributed by atoms with Crippen LogP contribution in [0.5, 0.6) is 0 Å². The monoisotopic (exact) mass is 238 g/mol. The molecule has 0 fully saturated rings. The molecule has 1 rings (SSSR count). The van der Waals surface area contributed by atoms with Crippen molar-refractivity contribution in [2.75, 3.05) is 0 Å². The van der Waals surface area contributed by atoms with Gasteiger partial charge in [0.25, 0.3) is 0 Å². The molecule has 0 heterocycles. The van der Waals surface area contributed by atoms with E-state index in [-0.39, 0.29) is 11.1 Å². The first-order valence-corrected chi connectivity index (χ1v) is 5.01. The smallest absolute Gasteiger partial charge is 0.373 e. The lowest BCUT2D eigenvalue weighted by atomic mass is 9.82. The van der Waals surface area contributed by atoms with Crippen LogP contribution in [0.3, 0.4) is 0 Å². The van der Waals surface area contributed by atoms with Crippen LogP contribution in [-0.2, 0) is 10.3 Å². The van der Waals surface area contributed by atoms with Gasteiger partial charge in [0.2, 0.25) is 0 Å². The van der Waals surface area contributed by atoms with Gasteiger partial charge in [-0.3, -0.25) is 4.89 Å². The number of benzene rings is 1. The quantitative estimate of drug-likeness (QED) is 0.610. The second-order valence-electron chi connectivity index (χ2n) is 4.66. The Balaban J connectivity index is 3.57. The fourth-order valence-electron chi connectivity index (χ4n) is 1.62. The Bertz CT molecular complexity index is 456. The molecule has 0 spiro atoms. The van der Waals surface area contributed by atoms with E-state index < -0.39 is 17.4 Å². The average molecular weight is 238 g/mol. The second-order valence-corrected chi connectivity index (χ2v) is 4.66. The molecular formula is C12H14O5. The maximum absolute atomic E-state index is 11.5. The molecule has 2 N–H and O–H groups in total. The predicted molar refractivity (Wildman–Crippen MR) is 60.1 cm³/mol. The third-order valence-electron chi connectivity index (χ3n) is 2.39. The fraction of sp³-hybridized carbons (Fsp3) is 0.333. The van der Waals surface area contributed by atoms with Crippen molar-refractivity contribution in [3.63, 3.8) is 0 Å². The lowest BCUT2D eigenvalue weighted by Gasteiger charge is -2.22. The highest BCUT2D eigenvalue weighted by molar-refractivity contribution is 6.03. The largest absolute Gasteiger partial charge is 0.478 e. The minimum atomic E-state index is -1.24. The van der Waals surface area contributed by atoms with Gasteiger partial charge in [0.05, 0.1) is 11.1 Å². The van der Waals surface area contributed by atoms with E-state index in [2.05, 4.69) is 4.89 Å². The number of hydrogen-bond acceptors (Lipinski definition) is 4. The Labute approximate surface area is 98.6 Å². The Hall–Kier alpha value is -1.88. The highest BCUT2D eigenvalue weighted by atomic mass is 17.1. The zero-order valence-electron chi connectivity index (χ0n) is 9.85. The Morgan fingerprint density at radius 2 is 1.82 bits per heavy atom. The number of carboxylic acids is 1. The molecule has 1 aromatic carbocycles. The molecule has 17 heavy (non-hydrogen) atoms. The molecule has 0 saturated heterocycles. The first kappa shape index (κ1) is 13.2. The van der Waals surface area contributed by atoms with Crippen LogP contribution in [-0.4, -0.2) is 22.3 Å². The van der Waals surface area contributed by atoms with Gasteiger partial charge >= 0.3 is 11.9 Å². The van der Waals surface area contributed by atoms with E-state index in [1.807, 2.05) is 20.8 Å². The van der Waals surface area contributed by atoms with Gasteiger partial charge in [0.15, 0.2) is 0 Å². The molecule has 0 radical (unpaired) electrons. The van der Waals surface area contributed by atoms with Crippen molar-refractivity contribution in [3.8, 4) is 0 Å². The standard InChI is InChI=1S/C12H14O5/c1-12(2,3)8-6-4-5-7(10(13)14)9(8)11(15)17-16/h4-6,16H,1-3H3,(H,13,14). The van der Waals surface area contributed by atoms with Crippen LogP contribution in [0.25, 0.3) is 0 Å². The predicted octanol–water partition coefficient (Wildman–Crippen LogP) is 2.31. The van der Waals surface area contributed by atoms with Gasteiger partial charge in [-0.25, -0.2) is 9.59 Å². The first-order chi connectivity index (χ1) is 7.79. The van der Waals surface area contributed by atoms with Gasteiger partial charge in [-0.2, -0.15) is 5.26 Å². The zero-order valence-corrected chi connectivity index (χ0v) is 9.85. The summed E-state index contributed by atoms with van der Waals surface area (Å²) in [4.78, 5) is 26.2. The normalized spacial score (nSPS) is 11.1. The fourth-order valence-corrected chi connectivity index (χ4v) is 1.62. The number of carboxylic acid groups (broad SMARTS) is 1. The molecule has 1 aromatic rings. The summed E-state index contributed by atoms with van der Waals surface area (Å²) in [5.41, 5.74) is -0.224. The zero-order chi connectivity index (χ0) is 13.2. The van der Waals surface area contributed by atoms with Crippen molar-refractivity contribution in [2.45, 2.75) is 26.2 Å². The third-order valence-corrected chi connectivity index (χ3v) is 2.39. The summed E-state index contributed by atoms with van der Waals surface area (Å²) in [6.45, 7) is 5.51. The lowest BCUT2D eigenvalue weighted by molar-refractivity contribution is -0.183. The number of aromatic carboxylic acids is 1. The molecule has 5 nitrogen and oxygen atoms in total. The van der Waals surface area contributed by atoms with Gasteiger partial charge in [-0.15, -0.1) is 0 Å². The van der Waals surface area contributed by atoms with E-state index in [1.54, 1.807) is 12.1 Å². The second kappa shape index (κ2) is 4.55. The van der Waals surface area contributed by atoms with E-state index in [4.69, 9.17) is 10.4 Å². The van der Waals surface area contributed by atoms with Gasteiger partial charge in [-0.05, 0) is 17.0 Å². The van der Waals surface area contributed by atoms with Crippen molar-refractivity contribution < 1.29 is 24.8 Å². The molecule has 0 bridgehead atoms. The minimum absolute atomic E-state index is 0.116. The van der Waals surface area contributed by atoms with Crippen LogP contribution in [0.4, 0.5) is 0 Å². The summed E-state index contributed by atoms with van der Waals surface area (Å²) >= 11 is 0. The molecule has 5 heteroatoms. The van der Waals surface area contributed by atoms with Crippen molar-refractivity contribution in [1.82, 2.24) is 0 Å². The summed E-state index contributed by atoms with van der Waals surface area (Å²) in [5, 5.41) is 17.5. The molecule has 0 atom stereocenters. The van der Waals surface area contributed by atoms with Crippen LogP contribution in [0.2, 0.25) is 0 Å². The summed E-state index contributed by atoms with van der Waals surface area (Å²) in [5.74, 6) is -2.30. The van der Waals surface area contributed by atoms with Gasteiger partial charge in [0, 0.05) is 0 Å². The van der Waals surface area contributed by atoms with Crippen molar-refractivity contribution in [3.05, 3.63) is 34.9 Å². The maximum atomic E-state index is 11.5. The molecule has 0 aliphatic carbocycles. The van der Waals surface area contributed by atoms with Crippen molar-refractivity contribution >= 4 is 11.9 Å². The highest BCUT2D eigenvalue weighted by Crippen LogP contribution is 2.28. The minimum Gasteiger partial charge on any atom is -0.478 e. The van der Waals surface area contributed by atoms with Crippen molar-refractivity contribution in [1.29, 1.82) is 0 Å². The summed E-state index contributed by atoms with van der Waals surface area (Å²) in [7, 11) is 0. The van der Waals surface area contributed by atoms with E-state index in [1.165, 1.54) is 6.07 Å².